The average molecular weight is 173 g/mol. The third kappa shape index (κ3) is 7.73. The molecule has 12 heavy (non-hydrogen) atoms. The highest BCUT2D eigenvalue weighted by Crippen LogP contribution is 2.27. The largest absolute Gasteiger partial charge is 0.331 e. The Morgan fingerprint density at radius 3 is 1.67 bits per heavy atom. The Morgan fingerprint density at radius 1 is 1.25 bits per heavy atom. The molecular formula is C10H23NO. The second-order valence-electron chi connectivity index (χ2n) is 3.30. The predicted octanol–water partition coefficient (Wildman–Crippen LogP) is 2.37. The summed E-state index contributed by atoms with van der Waals surface area (Å²) in [4.78, 5) is 10.1. The molecule has 0 bridgehead atoms. The minimum atomic E-state index is 0.266. The van der Waals surface area contributed by atoms with Gasteiger partial charge in [0.05, 0.1) is 0 Å². The van der Waals surface area contributed by atoms with Crippen LogP contribution in [0.5, 0.6) is 0 Å². The summed E-state index contributed by atoms with van der Waals surface area (Å²) < 4.78 is 0. The van der Waals surface area contributed by atoms with Crippen LogP contribution >= 0.6 is 0 Å². The van der Waals surface area contributed by atoms with E-state index < -0.39 is 0 Å². The maximum absolute atomic E-state index is 10.1. The number of rotatable bonds is 4. The van der Waals surface area contributed by atoms with Gasteiger partial charge in [0.25, 0.3) is 0 Å². The number of carbonyl (C=O) groups excluding carboxylic acids is 1. The van der Waals surface area contributed by atoms with Crippen molar-refractivity contribution in [2.24, 2.45) is 11.1 Å². The van der Waals surface area contributed by atoms with Gasteiger partial charge < -0.3 is 10.5 Å². The van der Waals surface area contributed by atoms with E-state index in [1.54, 1.807) is 0 Å². The van der Waals surface area contributed by atoms with Crippen molar-refractivity contribution < 1.29 is 4.79 Å². The molecule has 0 aliphatic carbocycles. The van der Waals surface area contributed by atoms with Crippen LogP contribution in [0, 0.1) is 5.41 Å². The highest BCUT2D eigenvalue weighted by molar-refractivity contribution is 5.50. The molecule has 2 nitrogen and oxygen atoms in total. The monoisotopic (exact) mass is 173 g/mol. The first-order chi connectivity index (χ1) is 5.60. The minimum absolute atomic E-state index is 0.266. The summed E-state index contributed by atoms with van der Waals surface area (Å²) >= 11 is 0. The Kier molecular flexibility index (Phi) is 10.3. The quantitative estimate of drug-likeness (QED) is 0.663. The Hall–Kier alpha value is -0.370. The van der Waals surface area contributed by atoms with Gasteiger partial charge in [-0.05, 0) is 12.0 Å². The number of hydrogen-bond acceptors (Lipinski definition) is 2. The van der Waals surface area contributed by atoms with Gasteiger partial charge in [-0.2, -0.15) is 0 Å². The van der Waals surface area contributed by atoms with Crippen LogP contribution in [-0.4, -0.2) is 12.8 Å². The van der Waals surface area contributed by atoms with Crippen molar-refractivity contribution in [3.8, 4) is 0 Å². The Morgan fingerprint density at radius 2 is 1.58 bits per heavy atom. The van der Waals surface area contributed by atoms with Crippen molar-refractivity contribution in [3.63, 3.8) is 0 Å². The van der Waals surface area contributed by atoms with Gasteiger partial charge in [-0.1, -0.05) is 40.5 Å². The number of aldehydes is 1. The number of hydrogen-bond donors (Lipinski definition) is 1. The molecule has 0 unspecified atom stereocenters. The third-order valence-electron chi connectivity index (χ3n) is 2.28. The van der Waals surface area contributed by atoms with Gasteiger partial charge in [0.2, 0.25) is 0 Å². The number of carbonyl (C=O) groups is 1. The normalized spacial score (nSPS) is 10.1. The van der Waals surface area contributed by atoms with Gasteiger partial charge >= 0.3 is 0 Å². The molecule has 74 valence electrons. The van der Waals surface area contributed by atoms with E-state index in [0.29, 0.717) is 6.42 Å². The lowest BCUT2D eigenvalue weighted by atomic mass is 9.82. The molecule has 0 rings (SSSR count). The number of nitrogens with two attached hydrogens (primary N) is 1. The molecule has 0 heterocycles. The molecule has 0 saturated carbocycles. The molecule has 0 atom stereocenters. The standard InChI is InChI=1S/C8H16O.C2H7N/c1-4-8(3,5-2)6-7-9;1-2-3/h7H,4-6H2,1-3H3;2-3H2,1H3. The van der Waals surface area contributed by atoms with Crippen molar-refractivity contribution in [2.45, 2.75) is 47.0 Å². The molecule has 0 aliphatic rings. The Bertz CT molecular complexity index is 98.0. The Balaban J connectivity index is 0. The van der Waals surface area contributed by atoms with Crippen LogP contribution in [-0.2, 0) is 4.79 Å². The van der Waals surface area contributed by atoms with Gasteiger partial charge in [-0.25, -0.2) is 0 Å². The first kappa shape index (κ1) is 14.2. The van der Waals surface area contributed by atoms with Gasteiger partial charge in [-0.15, -0.1) is 0 Å². The molecular weight excluding hydrogens is 150 g/mol. The lowest BCUT2D eigenvalue weighted by Crippen LogP contribution is -2.13. The van der Waals surface area contributed by atoms with Crippen LogP contribution in [0.3, 0.4) is 0 Å². The summed E-state index contributed by atoms with van der Waals surface area (Å²) in [5.74, 6) is 0. The van der Waals surface area contributed by atoms with E-state index in [2.05, 4.69) is 20.8 Å². The van der Waals surface area contributed by atoms with Crippen molar-refractivity contribution in [1.82, 2.24) is 0 Å². The van der Waals surface area contributed by atoms with Crippen molar-refractivity contribution >= 4 is 6.29 Å². The fourth-order valence-corrected chi connectivity index (χ4v) is 0.740. The third-order valence-corrected chi connectivity index (χ3v) is 2.28. The lowest BCUT2D eigenvalue weighted by molar-refractivity contribution is -0.109. The van der Waals surface area contributed by atoms with Gasteiger partial charge in [0.15, 0.2) is 0 Å². The zero-order chi connectivity index (χ0) is 10.0. The second kappa shape index (κ2) is 8.72. The van der Waals surface area contributed by atoms with Gasteiger partial charge in [0.1, 0.15) is 6.29 Å². The van der Waals surface area contributed by atoms with E-state index in [0.717, 1.165) is 25.7 Å². The molecule has 0 saturated heterocycles. The fraction of sp³-hybridized carbons (Fsp3) is 0.900. The molecule has 2 heteroatoms. The summed E-state index contributed by atoms with van der Waals surface area (Å²) in [5, 5.41) is 0. The van der Waals surface area contributed by atoms with Crippen LogP contribution in [0.25, 0.3) is 0 Å². The summed E-state index contributed by atoms with van der Waals surface area (Å²) in [5.41, 5.74) is 5.11. The van der Waals surface area contributed by atoms with Crippen molar-refractivity contribution in [2.75, 3.05) is 6.54 Å². The van der Waals surface area contributed by atoms with Crippen LogP contribution in [0.1, 0.15) is 47.0 Å². The molecule has 0 fully saturated rings. The SMILES string of the molecule is CCC(C)(CC)CC=O.CCN. The maximum atomic E-state index is 10.1. The summed E-state index contributed by atoms with van der Waals surface area (Å²) in [6, 6.07) is 0. The highest BCUT2D eigenvalue weighted by Gasteiger charge is 2.17. The molecule has 2 N–H and O–H groups in total. The summed E-state index contributed by atoms with van der Waals surface area (Å²) in [6.45, 7) is 9.07. The predicted molar refractivity (Wildman–Crippen MR) is 54.1 cm³/mol. The molecule has 0 amide bonds. The summed E-state index contributed by atoms with van der Waals surface area (Å²) in [6.07, 6.45) is 3.93. The Labute approximate surface area is 76.5 Å². The fourth-order valence-electron chi connectivity index (χ4n) is 0.740. The zero-order valence-corrected chi connectivity index (χ0v) is 8.89. The van der Waals surface area contributed by atoms with Crippen molar-refractivity contribution in [1.29, 1.82) is 0 Å². The maximum Gasteiger partial charge on any atom is 0.120 e. The van der Waals surface area contributed by atoms with Crippen LogP contribution in [0.4, 0.5) is 0 Å². The van der Waals surface area contributed by atoms with E-state index in [1.165, 1.54) is 0 Å². The van der Waals surface area contributed by atoms with E-state index >= 15 is 0 Å². The van der Waals surface area contributed by atoms with E-state index in [4.69, 9.17) is 5.73 Å². The first-order valence-electron chi connectivity index (χ1n) is 4.73. The smallest absolute Gasteiger partial charge is 0.120 e. The molecule has 0 spiro atoms. The minimum Gasteiger partial charge on any atom is -0.331 e. The average Bonchev–Trinajstić information content (AvgIpc) is 2.06. The molecule has 0 aromatic carbocycles. The van der Waals surface area contributed by atoms with E-state index in [9.17, 15) is 4.79 Å². The van der Waals surface area contributed by atoms with Gasteiger partial charge in [-0.3, -0.25) is 0 Å². The van der Waals surface area contributed by atoms with Crippen LogP contribution in [0.15, 0.2) is 0 Å². The zero-order valence-electron chi connectivity index (χ0n) is 8.89. The lowest BCUT2D eigenvalue weighted by Gasteiger charge is -2.22. The second-order valence-corrected chi connectivity index (χ2v) is 3.30. The van der Waals surface area contributed by atoms with Gasteiger partial charge in [0, 0.05) is 6.42 Å². The van der Waals surface area contributed by atoms with E-state index in [-0.39, 0.29) is 5.41 Å². The van der Waals surface area contributed by atoms with Crippen LogP contribution < -0.4 is 5.73 Å². The van der Waals surface area contributed by atoms with Crippen LogP contribution in [0.2, 0.25) is 0 Å². The molecule has 0 aliphatic heterocycles. The highest BCUT2D eigenvalue weighted by atomic mass is 16.1. The van der Waals surface area contributed by atoms with E-state index in [1.807, 2.05) is 6.92 Å². The molecule has 0 aromatic heterocycles. The molecule has 0 aromatic rings. The topological polar surface area (TPSA) is 43.1 Å². The molecule has 0 radical (unpaired) electrons. The summed E-state index contributed by atoms with van der Waals surface area (Å²) in [7, 11) is 0. The van der Waals surface area contributed by atoms with Crippen molar-refractivity contribution in [3.05, 3.63) is 0 Å². The first-order valence-corrected chi connectivity index (χ1v) is 4.73.